The van der Waals surface area contributed by atoms with Crippen LogP contribution in [0.4, 0.5) is 5.69 Å². The number of sulfonamides is 1. The van der Waals surface area contributed by atoms with E-state index in [0.29, 0.717) is 29.2 Å². The fourth-order valence-electron chi connectivity index (χ4n) is 3.11. The third-order valence-corrected chi connectivity index (χ3v) is 6.66. The Morgan fingerprint density at radius 3 is 2.30 bits per heavy atom. The predicted octanol–water partition coefficient (Wildman–Crippen LogP) is 2.45. The molecule has 0 atom stereocenters. The van der Waals surface area contributed by atoms with Crippen LogP contribution in [0.1, 0.15) is 21.5 Å². The molecule has 0 bridgehead atoms. The second-order valence-corrected chi connectivity index (χ2v) is 8.50. The SMILES string of the molecule is Cc1ccc(C)c(S(=O)(=O)N2CCN(C(=O)c3cccc(N)c3)CC2)c1.Cl. The maximum absolute atomic E-state index is 13.0. The minimum atomic E-state index is -3.56. The van der Waals surface area contributed by atoms with Crippen LogP contribution in [0.5, 0.6) is 0 Å². The van der Waals surface area contributed by atoms with Gasteiger partial charge in [-0.1, -0.05) is 18.2 Å². The fraction of sp³-hybridized carbons (Fsp3) is 0.316. The number of hydrogen-bond acceptors (Lipinski definition) is 4. The van der Waals surface area contributed by atoms with E-state index in [9.17, 15) is 13.2 Å². The number of hydrogen-bond donors (Lipinski definition) is 1. The van der Waals surface area contributed by atoms with Crippen molar-refractivity contribution in [3.63, 3.8) is 0 Å². The Kier molecular flexibility index (Phi) is 6.51. The first-order valence-electron chi connectivity index (χ1n) is 8.51. The zero-order chi connectivity index (χ0) is 18.9. The molecule has 1 heterocycles. The number of amides is 1. The number of nitrogens with two attached hydrogens (primary N) is 1. The first-order valence-corrected chi connectivity index (χ1v) is 9.95. The molecule has 1 aliphatic rings. The minimum Gasteiger partial charge on any atom is -0.399 e. The smallest absolute Gasteiger partial charge is 0.254 e. The van der Waals surface area contributed by atoms with Gasteiger partial charge in [0.15, 0.2) is 0 Å². The van der Waals surface area contributed by atoms with Gasteiger partial charge in [-0.05, 0) is 49.2 Å². The molecule has 0 radical (unpaired) electrons. The topological polar surface area (TPSA) is 83.7 Å². The van der Waals surface area contributed by atoms with Crippen LogP contribution in [0.25, 0.3) is 0 Å². The van der Waals surface area contributed by atoms with Crippen molar-refractivity contribution in [2.24, 2.45) is 0 Å². The maximum atomic E-state index is 13.0. The molecule has 1 saturated heterocycles. The van der Waals surface area contributed by atoms with Crippen LogP contribution >= 0.6 is 12.4 Å². The molecule has 2 aromatic carbocycles. The van der Waals surface area contributed by atoms with Crippen LogP contribution in [0.2, 0.25) is 0 Å². The number of halogens is 1. The summed E-state index contributed by atoms with van der Waals surface area (Å²) < 4.78 is 27.4. The lowest BCUT2D eigenvalue weighted by Gasteiger charge is -2.34. The van der Waals surface area contributed by atoms with E-state index in [4.69, 9.17) is 5.73 Å². The second-order valence-electron chi connectivity index (χ2n) is 6.59. The van der Waals surface area contributed by atoms with E-state index in [1.54, 1.807) is 42.2 Å². The van der Waals surface area contributed by atoms with Crippen LogP contribution in [0, 0.1) is 13.8 Å². The highest BCUT2D eigenvalue weighted by Crippen LogP contribution is 2.23. The molecule has 0 spiro atoms. The molecule has 1 fully saturated rings. The number of nitrogen functional groups attached to an aromatic ring is 1. The van der Waals surface area contributed by atoms with Crippen molar-refractivity contribution in [2.45, 2.75) is 18.7 Å². The highest BCUT2D eigenvalue weighted by Gasteiger charge is 2.31. The van der Waals surface area contributed by atoms with Crippen LogP contribution in [0.15, 0.2) is 47.4 Å². The Hall–Kier alpha value is -2.09. The lowest BCUT2D eigenvalue weighted by atomic mass is 10.1. The van der Waals surface area contributed by atoms with Crippen molar-refractivity contribution in [3.05, 3.63) is 59.2 Å². The Morgan fingerprint density at radius 2 is 1.67 bits per heavy atom. The lowest BCUT2D eigenvalue weighted by Crippen LogP contribution is -2.50. The van der Waals surface area contributed by atoms with Gasteiger partial charge in [0.2, 0.25) is 10.0 Å². The largest absolute Gasteiger partial charge is 0.399 e. The highest BCUT2D eigenvalue weighted by molar-refractivity contribution is 7.89. The van der Waals surface area contributed by atoms with E-state index < -0.39 is 10.0 Å². The number of rotatable bonds is 3. The molecule has 3 rings (SSSR count). The van der Waals surface area contributed by atoms with E-state index in [1.165, 1.54) is 4.31 Å². The zero-order valence-corrected chi connectivity index (χ0v) is 17.0. The molecule has 1 amide bonds. The first kappa shape index (κ1) is 21.2. The van der Waals surface area contributed by atoms with E-state index in [2.05, 4.69) is 0 Å². The predicted molar refractivity (Wildman–Crippen MR) is 109 cm³/mol. The molecule has 8 heteroatoms. The molecule has 2 N–H and O–H groups in total. The van der Waals surface area contributed by atoms with Crippen LogP contribution in [0.3, 0.4) is 0 Å². The second kappa shape index (κ2) is 8.29. The number of carbonyl (C=O) groups is 1. The van der Waals surface area contributed by atoms with Gasteiger partial charge < -0.3 is 10.6 Å². The van der Waals surface area contributed by atoms with Gasteiger partial charge in [0, 0.05) is 37.4 Å². The van der Waals surface area contributed by atoms with Crippen molar-refractivity contribution in [1.29, 1.82) is 0 Å². The van der Waals surface area contributed by atoms with Crippen molar-refractivity contribution < 1.29 is 13.2 Å². The van der Waals surface area contributed by atoms with E-state index in [0.717, 1.165) is 11.1 Å². The Balaban J connectivity index is 0.00000261. The van der Waals surface area contributed by atoms with E-state index in [-0.39, 0.29) is 31.4 Å². The summed E-state index contributed by atoms with van der Waals surface area (Å²) in [5, 5.41) is 0. The number of benzene rings is 2. The van der Waals surface area contributed by atoms with Gasteiger partial charge in [-0.2, -0.15) is 4.31 Å². The summed E-state index contributed by atoms with van der Waals surface area (Å²) in [6, 6.07) is 12.3. The van der Waals surface area contributed by atoms with Crippen LogP contribution in [-0.4, -0.2) is 49.7 Å². The Bertz CT molecular complexity index is 939. The fourth-order valence-corrected chi connectivity index (χ4v) is 4.84. The molecule has 0 aliphatic carbocycles. The molecular formula is C19H24ClN3O3S. The van der Waals surface area contributed by atoms with Crippen LogP contribution in [-0.2, 0) is 10.0 Å². The number of aryl methyl sites for hydroxylation is 2. The number of anilines is 1. The summed E-state index contributed by atoms with van der Waals surface area (Å²) in [5.74, 6) is -0.124. The van der Waals surface area contributed by atoms with E-state index in [1.807, 2.05) is 19.1 Å². The summed E-state index contributed by atoms with van der Waals surface area (Å²) in [4.78, 5) is 14.6. The number of nitrogens with zero attached hydrogens (tertiary/aromatic N) is 2. The molecule has 27 heavy (non-hydrogen) atoms. The van der Waals surface area contributed by atoms with Crippen molar-refractivity contribution >= 4 is 34.0 Å². The summed E-state index contributed by atoms with van der Waals surface area (Å²) in [6.45, 7) is 4.95. The third-order valence-electron chi connectivity index (χ3n) is 4.62. The average Bonchev–Trinajstić information content (AvgIpc) is 2.63. The maximum Gasteiger partial charge on any atom is 0.254 e. The monoisotopic (exact) mass is 409 g/mol. The standard InChI is InChI=1S/C19H23N3O3S.ClH/c1-14-6-7-15(2)18(12-14)26(24,25)22-10-8-21(9-11-22)19(23)16-4-3-5-17(20)13-16;/h3-7,12-13H,8-11,20H2,1-2H3;1H. The Labute approximate surface area is 166 Å². The van der Waals surface area contributed by atoms with Crippen molar-refractivity contribution in [3.8, 4) is 0 Å². The molecular weight excluding hydrogens is 386 g/mol. The molecule has 0 saturated carbocycles. The summed E-state index contributed by atoms with van der Waals surface area (Å²) in [6.07, 6.45) is 0. The molecule has 6 nitrogen and oxygen atoms in total. The first-order chi connectivity index (χ1) is 12.3. The number of carbonyl (C=O) groups excluding carboxylic acids is 1. The Morgan fingerprint density at radius 1 is 1.00 bits per heavy atom. The van der Waals surface area contributed by atoms with Gasteiger partial charge >= 0.3 is 0 Å². The van der Waals surface area contributed by atoms with Gasteiger partial charge in [-0.25, -0.2) is 8.42 Å². The zero-order valence-electron chi connectivity index (χ0n) is 15.4. The summed E-state index contributed by atoms with van der Waals surface area (Å²) in [5.41, 5.74) is 8.43. The van der Waals surface area contributed by atoms with E-state index >= 15 is 0 Å². The van der Waals surface area contributed by atoms with Crippen molar-refractivity contribution in [2.75, 3.05) is 31.9 Å². The third kappa shape index (κ3) is 4.43. The normalized spacial score (nSPS) is 15.3. The quantitative estimate of drug-likeness (QED) is 0.789. The van der Waals surface area contributed by atoms with Gasteiger partial charge in [-0.15, -0.1) is 12.4 Å². The van der Waals surface area contributed by atoms with Crippen molar-refractivity contribution in [1.82, 2.24) is 9.21 Å². The van der Waals surface area contributed by atoms with Gasteiger partial charge in [-0.3, -0.25) is 4.79 Å². The van der Waals surface area contributed by atoms with Gasteiger partial charge in [0.05, 0.1) is 4.90 Å². The average molecular weight is 410 g/mol. The summed E-state index contributed by atoms with van der Waals surface area (Å²) in [7, 11) is -3.56. The number of piperazine rings is 1. The molecule has 2 aromatic rings. The molecule has 0 unspecified atom stereocenters. The summed E-state index contributed by atoms with van der Waals surface area (Å²) >= 11 is 0. The van der Waals surface area contributed by atoms with Gasteiger partial charge in [0.1, 0.15) is 0 Å². The minimum absolute atomic E-state index is 0. The lowest BCUT2D eigenvalue weighted by molar-refractivity contribution is 0.0698. The molecule has 146 valence electrons. The molecule has 1 aliphatic heterocycles. The van der Waals surface area contributed by atoms with Crippen LogP contribution < -0.4 is 5.73 Å². The van der Waals surface area contributed by atoms with Gasteiger partial charge in [0.25, 0.3) is 5.91 Å². The highest BCUT2D eigenvalue weighted by atomic mass is 35.5. The molecule has 0 aromatic heterocycles.